The molecule has 0 spiro atoms. The smallest absolute Gasteiger partial charge is 0.0817 e. The van der Waals surface area contributed by atoms with Gasteiger partial charge >= 0.3 is 0 Å². The number of carboxylic acid groups (broad SMARTS) is 1. The van der Waals surface area contributed by atoms with Crippen LogP contribution in [0.15, 0.2) is 0 Å². The van der Waals surface area contributed by atoms with Crippen molar-refractivity contribution in [1.29, 1.82) is 0 Å². The lowest BCUT2D eigenvalue weighted by molar-refractivity contribution is -0.923. The van der Waals surface area contributed by atoms with Crippen LogP contribution in [0.5, 0.6) is 0 Å². The quantitative estimate of drug-likeness (QED) is 0.511. The van der Waals surface area contributed by atoms with E-state index in [1.807, 2.05) is 0 Å². The van der Waals surface area contributed by atoms with Crippen LogP contribution in [0.2, 0.25) is 0 Å². The van der Waals surface area contributed by atoms with Gasteiger partial charge in [0.1, 0.15) is 0 Å². The standard InChI is InChI=1S/C7H17N.CH2O2/c1-6(2)8(5)7(3)4;2-1-3/h6-7H,1-5H3;1H,(H,2,3). The van der Waals surface area contributed by atoms with E-state index in [0.29, 0.717) is 0 Å². The summed E-state index contributed by atoms with van der Waals surface area (Å²) >= 11 is 0. The third-order valence-electron chi connectivity index (χ3n) is 1.82. The number of hydrogen-bond acceptors (Lipinski definition) is 2. The van der Waals surface area contributed by atoms with Crippen molar-refractivity contribution in [2.45, 2.75) is 39.8 Å². The molecule has 0 fully saturated rings. The minimum absolute atomic E-state index is 0.500. The van der Waals surface area contributed by atoms with Crippen LogP contribution in [0.1, 0.15) is 27.7 Å². The first kappa shape index (κ1) is 13.1. The molecule has 0 aliphatic heterocycles. The van der Waals surface area contributed by atoms with Gasteiger partial charge in [-0.15, -0.1) is 0 Å². The fourth-order valence-corrected chi connectivity index (χ4v) is 0.667. The molecule has 0 saturated carbocycles. The van der Waals surface area contributed by atoms with Gasteiger partial charge in [-0.25, -0.2) is 0 Å². The molecule has 0 aromatic carbocycles. The molecule has 0 unspecified atom stereocenters. The van der Waals surface area contributed by atoms with E-state index in [-0.39, 0.29) is 0 Å². The summed E-state index contributed by atoms with van der Waals surface area (Å²) in [5.41, 5.74) is 0. The van der Waals surface area contributed by atoms with Crippen molar-refractivity contribution in [3.8, 4) is 0 Å². The Labute approximate surface area is 69.0 Å². The molecule has 11 heavy (non-hydrogen) atoms. The van der Waals surface area contributed by atoms with E-state index in [0.717, 1.165) is 12.1 Å². The summed E-state index contributed by atoms with van der Waals surface area (Å²) in [5.74, 6) is 0. The van der Waals surface area contributed by atoms with E-state index in [2.05, 4.69) is 34.7 Å². The van der Waals surface area contributed by atoms with Gasteiger partial charge in [0.2, 0.25) is 0 Å². The van der Waals surface area contributed by atoms with E-state index < -0.39 is 6.47 Å². The maximum absolute atomic E-state index is 8.25. The second kappa shape index (κ2) is 7.54. The van der Waals surface area contributed by atoms with Gasteiger partial charge in [-0.3, -0.25) is 0 Å². The second-order valence-corrected chi connectivity index (χ2v) is 3.15. The lowest BCUT2D eigenvalue weighted by Gasteiger charge is -2.21. The van der Waals surface area contributed by atoms with Gasteiger partial charge in [-0.2, -0.15) is 0 Å². The van der Waals surface area contributed by atoms with Crippen molar-refractivity contribution in [1.82, 2.24) is 0 Å². The number of hydrogen-bond donors (Lipinski definition) is 1. The Bertz CT molecular complexity index is 84.1. The van der Waals surface area contributed by atoms with Gasteiger partial charge in [0.15, 0.2) is 0 Å². The molecule has 0 saturated heterocycles. The average molecular weight is 161 g/mol. The topological polar surface area (TPSA) is 44.6 Å². The Hall–Kier alpha value is -0.570. The largest absolute Gasteiger partial charge is 0.554 e. The highest BCUT2D eigenvalue weighted by Gasteiger charge is 2.08. The van der Waals surface area contributed by atoms with E-state index in [1.54, 1.807) is 4.90 Å². The number of nitrogens with one attached hydrogen (secondary N) is 1. The summed E-state index contributed by atoms with van der Waals surface area (Å²) in [7, 11) is 2.23. The van der Waals surface area contributed by atoms with Crippen molar-refractivity contribution < 1.29 is 14.8 Å². The molecule has 0 atom stereocenters. The van der Waals surface area contributed by atoms with Gasteiger partial charge in [0, 0.05) is 6.47 Å². The molecule has 0 aliphatic carbocycles. The fraction of sp³-hybridized carbons (Fsp3) is 0.875. The Kier molecular flexibility index (Phi) is 8.94. The molecule has 0 aliphatic rings. The first-order valence-electron chi connectivity index (χ1n) is 3.86. The monoisotopic (exact) mass is 161 g/mol. The van der Waals surface area contributed by atoms with Crippen LogP contribution in [0.25, 0.3) is 0 Å². The van der Waals surface area contributed by atoms with Gasteiger partial charge < -0.3 is 14.8 Å². The highest BCUT2D eigenvalue weighted by molar-refractivity contribution is 5.29. The van der Waals surface area contributed by atoms with Crippen LogP contribution in [-0.2, 0) is 4.79 Å². The predicted molar refractivity (Wildman–Crippen MR) is 43.2 cm³/mol. The van der Waals surface area contributed by atoms with Crippen molar-refractivity contribution in [2.75, 3.05) is 7.05 Å². The normalized spacial score (nSPS) is 9.82. The Morgan fingerprint density at radius 1 is 1.18 bits per heavy atom. The SMILES string of the molecule is CC(C)[NH+](C)C(C)C.O=C[O-]. The van der Waals surface area contributed by atoms with Crippen LogP contribution in [0.4, 0.5) is 0 Å². The minimum atomic E-state index is -0.500. The zero-order valence-corrected chi connectivity index (χ0v) is 8.05. The van der Waals surface area contributed by atoms with E-state index in [4.69, 9.17) is 9.90 Å². The first-order chi connectivity index (χ1) is 4.97. The van der Waals surface area contributed by atoms with Gasteiger partial charge in [0.05, 0.1) is 19.1 Å². The Morgan fingerprint density at radius 2 is 1.36 bits per heavy atom. The van der Waals surface area contributed by atoms with Crippen molar-refractivity contribution in [2.24, 2.45) is 0 Å². The number of carbonyl (C=O) groups is 1. The van der Waals surface area contributed by atoms with E-state index in [1.165, 1.54) is 0 Å². The maximum Gasteiger partial charge on any atom is 0.0817 e. The molecule has 0 amide bonds. The molecule has 3 heteroatoms. The molecule has 68 valence electrons. The van der Waals surface area contributed by atoms with Crippen LogP contribution < -0.4 is 10.0 Å². The van der Waals surface area contributed by atoms with Gasteiger partial charge in [-0.1, -0.05) is 0 Å². The first-order valence-corrected chi connectivity index (χ1v) is 3.86. The predicted octanol–water partition coefficient (Wildman–Crippen LogP) is -1.32. The Morgan fingerprint density at radius 3 is 1.36 bits per heavy atom. The molecular formula is C8H19NO2. The molecular weight excluding hydrogens is 142 g/mol. The third kappa shape index (κ3) is 9.43. The van der Waals surface area contributed by atoms with Gasteiger partial charge in [0.25, 0.3) is 0 Å². The highest BCUT2D eigenvalue weighted by atomic mass is 16.3. The average Bonchev–Trinajstić information content (AvgIpc) is 1.87. The lowest BCUT2D eigenvalue weighted by atomic mass is 10.3. The molecule has 1 N–H and O–H groups in total. The van der Waals surface area contributed by atoms with Crippen LogP contribution in [0.3, 0.4) is 0 Å². The van der Waals surface area contributed by atoms with Crippen molar-refractivity contribution in [3.05, 3.63) is 0 Å². The number of rotatable bonds is 2. The van der Waals surface area contributed by atoms with Gasteiger partial charge in [-0.05, 0) is 27.7 Å². The fourth-order valence-electron chi connectivity index (χ4n) is 0.667. The highest BCUT2D eigenvalue weighted by Crippen LogP contribution is 1.71. The van der Waals surface area contributed by atoms with Crippen LogP contribution in [-0.4, -0.2) is 25.6 Å². The molecule has 3 nitrogen and oxygen atoms in total. The van der Waals surface area contributed by atoms with E-state index >= 15 is 0 Å². The Balaban J connectivity index is 0. The summed E-state index contributed by atoms with van der Waals surface area (Å²) in [4.78, 5) is 9.85. The lowest BCUT2D eigenvalue weighted by Crippen LogP contribution is -3.15. The van der Waals surface area contributed by atoms with Crippen molar-refractivity contribution in [3.63, 3.8) is 0 Å². The van der Waals surface area contributed by atoms with E-state index in [9.17, 15) is 0 Å². The summed E-state index contributed by atoms with van der Waals surface area (Å²) in [5, 5.41) is 8.25. The maximum atomic E-state index is 8.25. The summed E-state index contributed by atoms with van der Waals surface area (Å²) < 4.78 is 0. The third-order valence-corrected chi connectivity index (χ3v) is 1.82. The minimum Gasteiger partial charge on any atom is -0.554 e. The molecule has 0 aromatic heterocycles. The van der Waals surface area contributed by atoms with Crippen LogP contribution in [0, 0.1) is 0 Å². The second-order valence-electron chi connectivity index (χ2n) is 3.15. The molecule has 0 rings (SSSR count). The molecule has 0 heterocycles. The zero-order valence-electron chi connectivity index (χ0n) is 8.05. The summed E-state index contributed by atoms with van der Waals surface area (Å²) in [6, 6.07) is 1.52. The zero-order chi connectivity index (χ0) is 9.44. The van der Waals surface area contributed by atoms with Crippen LogP contribution >= 0.6 is 0 Å². The molecule has 0 bridgehead atoms. The summed E-state index contributed by atoms with van der Waals surface area (Å²) in [6.45, 7) is 8.48. The summed E-state index contributed by atoms with van der Waals surface area (Å²) in [6.07, 6.45) is 0. The number of quaternary nitrogens is 1. The molecule has 0 radical (unpaired) electrons. The molecule has 0 aromatic rings. The number of carbonyl (C=O) groups excluding carboxylic acids is 1. The van der Waals surface area contributed by atoms with Crippen molar-refractivity contribution >= 4 is 6.47 Å².